The number of amidine groups is 2. The van der Waals surface area contributed by atoms with Gasteiger partial charge in [0, 0.05) is 18.2 Å². The van der Waals surface area contributed by atoms with E-state index in [1.165, 1.54) is 43.8 Å². The Morgan fingerprint density at radius 2 is 1.21 bits per heavy atom. The number of rotatable bonds is 5. The van der Waals surface area contributed by atoms with Crippen molar-refractivity contribution in [2.75, 3.05) is 7.05 Å². The molecule has 0 aliphatic carbocycles. The molecule has 208 valence electrons. The minimum absolute atomic E-state index is 0.209. The Balaban J connectivity index is 1.31. The maximum Gasteiger partial charge on any atom is 0.159 e. The molecule has 0 saturated heterocycles. The van der Waals surface area contributed by atoms with Gasteiger partial charge in [-0.15, -0.1) is 0 Å². The molecule has 1 aliphatic rings. The molecule has 0 bridgehead atoms. The van der Waals surface area contributed by atoms with Gasteiger partial charge in [-0.3, -0.25) is 0 Å². The SMILES string of the molecule is C/C=C\c1cc(C2=NC(c3ccc4ccccc4c3)N(C)C(c3ccc(-c4ccc5ccccc5c4)cc3)=N2)ccc1C. The number of aliphatic imine (C=N–C) groups is 2. The second-order valence-corrected chi connectivity index (χ2v) is 11.2. The van der Waals surface area contributed by atoms with Gasteiger partial charge in [-0.1, -0.05) is 121 Å². The summed E-state index contributed by atoms with van der Waals surface area (Å²) in [5.74, 6) is 1.65. The van der Waals surface area contributed by atoms with Crippen molar-refractivity contribution in [1.29, 1.82) is 0 Å². The molecule has 1 atom stereocenters. The lowest BCUT2D eigenvalue weighted by molar-refractivity contribution is 0.383. The summed E-state index contributed by atoms with van der Waals surface area (Å²) in [5, 5.41) is 4.93. The Bertz CT molecular complexity index is 2060. The van der Waals surface area contributed by atoms with Crippen LogP contribution in [-0.4, -0.2) is 23.6 Å². The summed E-state index contributed by atoms with van der Waals surface area (Å²) in [4.78, 5) is 12.6. The lowest BCUT2D eigenvalue weighted by Crippen LogP contribution is -2.35. The van der Waals surface area contributed by atoms with Gasteiger partial charge < -0.3 is 4.90 Å². The molecule has 0 fully saturated rings. The van der Waals surface area contributed by atoms with Crippen molar-refractivity contribution in [2.24, 2.45) is 9.98 Å². The average molecular weight is 556 g/mol. The van der Waals surface area contributed by atoms with E-state index >= 15 is 0 Å². The predicted octanol–water partition coefficient (Wildman–Crippen LogP) is 9.84. The Morgan fingerprint density at radius 1 is 0.605 bits per heavy atom. The van der Waals surface area contributed by atoms with Gasteiger partial charge in [0.25, 0.3) is 0 Å². The van der Waals surface area contributed by atoms with Gasteiger partial charge >= 0.3 is 0 Å². The highest BCUT2D eigenvalue weighted by Crippen LogP contribution is 2.32. The normalized spacial score (nSPS) is 15.2. The first-order chi connectivity index (χ1) is 21.1. The number of nitrogens with zero attached hydrogens (tertiary/aromatic N) is 3. The van der Waals surface area contributed by atoms with Gasteiger partial charge in [0.15, 0.2) is 12.0 Å². The quantitative estimate of drug-likeness (QED) is 0.208. The molecule has 0 spiro atoms. The van der Waals surface area contributed by atoms with Gasteiger partial charge in [-0.2, -0.15) is 0 Å². The van der Waals surface area contributed by atoms with E-state index in [1.807, 2.05) is 6.92 Å². The van der Waals surface area contributed by atoms with Gasteiger partial charge in [0.05, 0.1) is 0 Å². The molecule has 0 amide bonds. The van der Waals surface area contributed by atoms with Crippen LogP contribution in [0, 0.1) is 6.92 Å². The van der Waals surface area contributed by atoms with E-state index in [0.29, 0.717) is 0 Å². The third-order valence-corrected chi connectivity index (χ3v) is 8.34. The zero-order chi connectivity index (χ0) is 29.3. The lowest BCUT2D eigenvalue weighted by atomic mass is 9.99. The molecule has 0 radical (unpaired) electrons. The monoisotopic (exact) mass is 555 g/mol. The summed E-state index contributed by atoms with van der Waals surface area (Å²) in [6.45, 7) is 4.19. The van der Waals surface area contributed by atoms with E-state index in [1.54, 1.807) is 0 Å². The molecule has 6 aromatic carbocycles. The van der Waals surface area contributed by atoms with Crippen molar-refractivity contribution >= 4 is 39.3 Å². The summed E-state index contributed by atoms with van der Waals surface area (Å²) in [7, 11) is 2.09. The number of aryl methyl sites for hydroxylation is 1. The van der Waals surface area contributed by atoms with Crippen LogP contribution in [0.2, 0.25) is 0 Å². The zero-order valence-corrected chi connectivity index (χ0v) is 24.7. The zero-order valence-electron chi connectivity index (χ0n) is 24.7. The van der Waals surface area contributed by atoms with E-state index in [4.69, 9.17) is 9.98 Å². The van der Waals surface area contributed by atoms with Crippen LogP contribution in [0.3, 0.4) is 0 Å². The first-order valence-electron chi connectivity index (χ1n) is 14.8. The van der Waals surface area contributed by atoms with Crippen LogP contribution in [0.15, 0.2) is 143 Å². The van der Waals surface area contributed by atoms with E-state index in [9.17, 15) is 0 Å². The molecule has 7 rings (SSSR count). The molecule has 1 aliphatic heterocycles. The van der Waals surface area contributed by atoms with Crippen LogP contribution in [0.4, 0.5) is 0 Å². The summed E-state index contributed by atoms with van der Waals surface area (Å²) in [6, 6.07) is 45.5. The van der Waals surface area contributed by atoms with Crippen LogP contribution >= 0.6 is 0 Å². The lowest BCUT2D eigenvalue weighted by Gasteiger charge is -2.32. The molecule has 0 saturated carbocycles. The number of benzene rings is 6. The van der Waals surface area contributed by atoms with Crippen molar-refractivity contribution in [3.63, 3.8) is 0 Å². The summed E-state index contributed by atoms with van der Waals surface area (Å²) >= 11 is 0. The smallest absolute Gasteiger partial charge is 0.159 e. The van der Waals surface area contributed by atoms with Gasteiger partial charge in [0.1, 0.15) is 5.84 Å². The number of hydrogen-bond acceptors (Lipinski definition) is 3. The molecule has 1 unspecified atom stereocenters. The van der Waals surface area contributed by atoms with Crippen molar-refractivity contribution in [3.05, 3.63) is 161 Å². The second kappa shape index (κ2) is 11.2. The summed E-state index contributed by atoms with van der Waals surface area (Å²) < 4.78 is 0. The standard InChI is InChI=1S/C40H33N3/c1-4-9-32-24-36(15-14-27(32)2)38-41-39(43(3)40(42-38)37-23-19-29-11-6-8-13-34(29)26-37)31-20-16-30(17-21-31)35-22-18-28-10-5-7-12-33(28)25-35/h4-26,40H,1-3H3/b9-4-. The molecule has 43 heavy (non-hydrogen) atoms. The largest absolute Gasteiger partial charge is 0.333 e. The van der Waals surface area contributed by atoms with Crippen LogP contribution in [0.1, 0.15) is 40.9 Å². The fourth-order valence-electron chi connectivity index (χ4n) is 5.92. The van der Waals surface area contributed by atoms with Crippen LogP contribution in [-0.2, 0) is 0 Å². The van der Waals surface area contributed by atoms with Crippen molar-refractivity contribution in [3.8, 4) is 11.1 Å². The number of allylic oxidation sites excluding steroid dienone is 1. The topological polar surface area (TPSA) is 28.0 Å². The van der Waals surface area contributed by atoms with Crippen molar-refractivity contribution in [1.82, 2.24) is 4.90 Å². The Labute approximate surface area is 253 Å². The highest BCUT2D eigenvalue weighted by molar-refractivity contribution is 6.13. The number of fused-ring (bicyclic) bond motifs is 2. The van der Waals surface area contributed by atoms with Crippen molar-refractivity contribution < 1.29 is 0 Å². The molecular weight excluding hydrogens is 522 g/mol. The maximum atomic E-state index is 5.24. The van der Waals surface area contributed by atoms with Crippen LogP contribution in [0.25, 0.3) is 38.7 Å². The van der Waals surface area contributed by atoms with Gasteiger partial charge in [-0.05, 0) is 81.4 Å². The average Bonchev–Trinajstić information content (AvgIpc) is 3.06. The first kappa shape index (κ1) is 26.6. The van der Waals surface area contributed by atoms with Gasteiger partial charge in [0.2, 0.25) is 0 Å². The third kappa shape index (κ3) is 5.15. The van der Waals surface area contributed by atoms with Crippen molar-refractivity contribution in [2.45, 2.75) is 20.0 Å². The third-order valence-electron chi connectivity index (χ3n) is 8.34. The minimum atomic E-state index is -0.209. The Morgan fingerprint density at radius 3 is 1.93 bits per heavy atom. The molecule has 0 N–H and O–H groups in total. The highest BCUT2D eigenvalue weighted by atomic mass is 15.3. The van der Waals surface area contributed by atoms with Crippen LogP contribution < -0.4 is 0 Å². The number of hydrogen-bond donors (Lipinski definition) is 0. The maximum absolute atomic E-state index is 5.24. The molecule has 3 nitrogen and oxygen atoms in total. The molecule has 3 heteroatoms. The highest BCUT2D eigenvalue weighted by Gasteiger charge is 2.27. The minimum Gasteiger partial charge on any atom is -0.333 e. The molecule has 6 aromatic rings. The summed E-state index contributed by atoms with van der Waals surface area (Å²) in [6.07, 6.45) is 4.01. The predicted molar refractivity (Wildman–Crippen MR) is 183 cm³/mol. The van der Waals surface area contributed by atoms with E-state index in [-0.39, 0.29) is 6.17 Å². The fourth-order valence-corrected chi connectivity index (χ4v) is 5.92. The Kier molecular flexibility index (Phi) is 6.92. The molecular formula is C40H33N3. The molecule has 1 heterocycles. The van der Waals surface area contributed by atoms with Gasteiger partial charge in [-0.25, -0.2) is 9.98 Å². The van der Waals surface area contributed by atoms with E-state index in [0.717, 1.165) is 28.4 Å². The second-order valence-electron chi connectivity index (χ2n) is 11.2. The van der Waals surface area contributed by atoms with E-state index in [2.05, 4.69) is 158 Å². The van der Waals surface area contributed by atoms with Crippen LogP contribution in [0.5, 0.6) is 0 Å². The first-order valence-corrected chi connectivity index (χ1v) is 14.8. The Hall–Kier alpha value is -5.28. The fraction of sp³-hybridized carbons (Fsp3) is 0.100. The summed E-state index contributed by atoms with van der Waals surface area (Å²) in [5.41, 5.74) is 8.02. The molecule has 0 aromatic heterocycles. The van der Waals surface area contributed by atoms with E-state index < -0.39 is 0 Å².